The van der Waals surface area contributed by atoms with Crippen LogP contribution in [0, 0.1) is 0 Å². The lowest BCUT2D eigenvalue weighted by Gasteiger charge is -2.06. The van der Waals surface area contributed by atoms with Gasteiger partial charge in [-0.05, 0) is 56.0 Å². The number of halogens is 2. The normalized spacial score (nSPS) is 11.2. The number of fused-ring (bicyclic) bond motifs is 1. The van der Waals surface area contributed by atoms with E-state index in [9.17, 15) is 9.90 Å². The van der Waals surface area contributed by atoms with Crippen LogP contribution in [0.5, 0.6) is 5.75 Å². The molecule has 3 rings (SSSR count). The fraction of sp³-hybridized carbons (Fsp3) is 0.211. The molecule has 0 unspecified atom stereocenters. The van der Waals surface area contributed by atoms with Crippen molar-refractivity contribution in [3.63, 3.8) is 0 Å². The van der Waals surface area contributed by atoms with Gasteiger partial charge in [0.25, 0.3) is 0 Å². The van der Waals surface area contributed by atoms with E-state index >= 15 is 0 Å². The molecule has 124 valence electrons. The number of benzene rings is 2. The van der Waals surface area contributed by atoms with Gasteiger partial charge < -0.3 is 9.52 Å². The number of furan rings is 1. The summed E-state index contributed by atoms with van der Waals surface area (Å²) in [6.45, 7) is 4.04. The van der Waals surface area contributed by atoms with Gasteiger partial charge in [0, 0.05) is 17.4 Å². The van der Waals surface area contributed by atoms with Crippen molar-refractivity contribution in [1.29, 1.82) is 0 Å². The van der Waals surface area contributed by atoms with Crippen molar-refractivity contribution >= 4 is 48.6 Å². The Morgan fingerprint density at radius 3 is 2.38 bits per heavy atom. The van der Waals surface area contributed by atoms with E-state index in [0.29, 0.717) is 32.3 Å². The van der Waals surface area contributed by atoms with Crippen molar-refractivity contribution in [2.75, 3.05) is 0 Å². The number of ketones is 1. The summed E-state index contributed by atoms with van der Waals surface area (Å²) in [6.07, 6.45) is 1.48. The molecule has 0 spiro atoms. The zero-order valence-electron chi connectivity index (χ0n) is 13.3. The molecule has 5 heteroatoms. The quantitative estimate of drug-likeness (QED) is 0.493. The molecule has 1 heterocycles. The smallest absolute Gasteiger partial charge is 0.197 e. The Morgan fingerprint density at radius 2 is 1.79 bits per heavy atom. The predicted octanol–water partition coefficient (Wildman–Crippen LogP) is 6.02. The van der Waals surface area contributed by atoms with E-state index in [1.54, 1.807) is 12.1 Å². The predicted molar refractivity (Wildman–Crippen MR) is 102 cm³/mol. The fourth-order valence-corrected chi connectivity index (χ4v) is 4.03. The molecule has 1 N–H and O–H groups in total. The van der Waals surface area contributed by atoms with E-state index in [2.05, 4.69) is 38.8 Å². The number of rotatable bonds is 4. The minimum Gasteiger partial charge on any atom is -0.506 e. The molecule has 3 nitrogen and oxygen atoms in total. The van der Waals surface area contributed by atoms with Crippen LogP contribution >= 0.6 is 31.9 Å². The molecule has 2 aromatic carbocycles. The maximum Gasteiger partial charge on any atom is 0.197 e. The van der Waals surface area contributed by atoms with Crippen molar-refractivity contribution in [1.82, 2.24) is 0 Å². The lowest BCUT2D eigenvalue weighted by atomic mass is 9.98. The van der Waals surface area contributed by atoms with Gasteiger partial charge in [-0.2, -0.15) is 0 Å². The Hall–Kier alpha value is -1.59. The van der Waals surface area contributed by atoms with E-state index < -0.39 is 0 Å². The summed E-state index contributed by atoms with van der Waals surface area (Å²) in [5.41, 5.74) is 2.98. The molecular formula is C19H16Br2O3. The van der Waals surface area contributed by atoms with Crippen molar-refractivity contribution in [3.05, 3.63) is 61.7 Å². The van der Waals surface area contributed by atoms with Crippen LogP contribution in [-0.2, 0) is 12.8 Å². The highest BCUT2D eigenvalue weighted by Crippen LogP contribution is 2.36. The van der Waals surface area contributed by atoms with E-state index in [4.69, 9.17) is 4.42 Å². The summed E-state index contributed by atoms with van der Waals surface area (Å²) in [6, 6.07) is 9.16. The van der Waals surface area contributed by atoms with Crippen LogP contribution in [0.15, 0.2) is 43.7 Å². The lowest BCUT2D eigenvalue weighted by molar-refractivity contribution is 0.103. The number of aryl methyl sites for hydroxylation is 2. The van der Waals surface area contributed by atoms with E-state index in [1.807, 2.05) is 25.1 Å². The van der Waals surface area contributed by atoms with Crippen LogP contribution in [0.3, 0.4) is 0 Å². The first kappa shape index (κ1) is 17.2. The van der Waals surface area contributed by atoms with Crippen LogP contribution in [0.25, 0.3) is 11.0 Å². The Kier molecular flexibility index (Phi) is 4.83. The monoisotopic (exact) mass is 450 g/mol. The molecule has 0 aliphatic heterocycles. The largest absolute Gasteiger partial charge is 0.506 e. The van der Waals surface area contributed by atoms with E-state index in [0.717, 1.165) is 23.0 Å². The fourth-order valence-electron chi connectivity index (χ4n) is 2.84. The minimum absolute atomic E-state index is 0.0765. The highest BCUT2D eigenvalue weighted by atomic mass is 79.9. The van der Waals surface area contributed by atoms with Crippen LogP contribution in [0.2, 0.25) is 0 Å². The first-order valence-electron chi connectivity index (χ1n) is 7.73. The van der Waals surface area contributed by atoms with Crippen molar-refractivity contribution in [3.8, 4) is 5.75 Å². The van der Waals surface area contributed by atoms with Crippen LogP contribution < -0.4 is 0 Å². The Labute approximate surface area is 156 Å². The third-order valence-corrected chi connectivity index (χ3v) is 5.29. The summed E-state index contributed by atoms with van der Waals surface area (Å²) in [4.78, 5) is 13.1. The van der Waals surface area contributed by atoms with Crippen molar-refractivity contribution in [2.45, 2.75) is 26.7 Å². The topological polar surface area (TPSA) is 50.4 Å². The summed E-state index contributed by atoms with van der Waals surface area (Å²) >= 11 is 6.56. The van der Waals surface area contributed by atoms with Gasteiger partial charge in [0.15, 0.2) is 5.78 Å². The maximum atomic E-state index is 13.1. The summed E-state index contributed by atoms with van der Waals surface area (Å²) in [5.74, 6) is 0.657. The highest BCUT2D eigenvalue weighted by molar-refractivity contribution is 9.11. The van der Waals surface area contributed by atoms with Crippen LogP contribution in [0.1, 0.15) is 41.1 Å². The number of hydrogen-bond donors (Lipinski definition) is 1. The molecule has 0 saturated heterocycles. The molecular weight excluding hydrogens is 436 g/mol. The van der Waals surface area contributed by atoms with Gasteiger partial charge in [0.1, 0.15) is 17.1 Å². The number of para-hydroxylation sites is 1. The number of phenols is 1. The highest BCUT2D eigenvalue weighted by Gasteiger charge is 2.23. The number of aromatic hydroxyl groups is 1. The Morgan fingerprint density at radius 1 is 1.12 bits per heavy atom. The van der Waals surface area contributed by atoms with Crippen LogP contribution in [0.4, 0.5) is 0 Å². The Bertz CT molecular complexity index is 918. The molecule has 24 heavy (non-hydrogen) atoms. The molecule has 0 aliphatic carbocycles. The molecule has 0 radical (unpaired) electrons. The van der Waals surface area contributed by atoms with E-state index in [1.165, 1.54) is 0 Å². The average Bonchev–Trinajstić information content (AvgIpc) is 2.97. The number of carbonyl (C=O) groups excluding carboxylic acids is 1. The molecule has 1 aromatic heterocycles. The third-order valence-electron chi connectivity index (χ3n) is 4.08. The first-order valence-corrected chi connectivity index (χ1v) is 9.32. The number of hydrogen-bond acceptors (Lipinski definition) is 3. The molecule has 3 aromatic rings. The van der Waals surface area contributed by atoms with Crippen molar-refractivity contribution in [2.24, 2.45) is 0 Å². The lowest BCUT2D eigenvalue weighted by Crippen LogP contribution is -2.04. The molecule has 0 aliphatic rings. The van der Waals surface area contributed by atoms with Gasteiger partial charge in [-0.3, -0.25) is 4.79 Å². The molecule has 0 amide bonds. The Balaban J connectivity index is 2.23. The number of carbonyl (C=O) groups is 1. The molecule has 0 fully saturated rings. The summed E-state index contributed by atoms with van der Waals surface area (Å²) in [5, 5.41) is 10.7. The van der Waals surface area contributed by atoms with Crippen LogP contribution in [-0.4, -0.2) is 10.9 Å². The van der Waals surface area contributed by atoms with Gasteiger partial charge >= 0.3 is 0 Å². The minimum atomic E-state index is -0.111. The zero-order chi connectivity index (χ0) is 17.4. The molecule has 0 saturated carbocycles. The van der Waals surface area contributed by atoms with Gasteiger partial charge in [-0.25, -0.2) is 0 Å². The van der Waals surface area contributed by atoms with Crippen molar-refractivity contribution < 1.29 is 14.3 Å². The maximum absolute atomic E-state index is 13.1. The first-order chi connectivity index (χ1) is 11.5. The standard InChI is InChI=1S/C19H16Br2O3/c1-3-10-6-5-7-12-16(15(4-2)24-19(10)12)17(22)11-8-13(20)18(23)14(21)9-11/h5-9,23H,3-4H2,1-2H3. The van der Waals surface area contributed by atoms with Gasteiger partial charge in [0.2, 0.25) is 0 Å². The third kappa shape index (κ3) is 2.80. The van der Waals surface area contributed by atoms with Gasteiger partial charge in [0.05, 0.1) is 14.5 Å². The van der Waals surface area contributed by atoms with E-state index in [-0.39, 0.29) is 11.5 Å². The molecule has 0 atom stereocenters. The summed E-state index contributed by atoms with van der Waals surface area (Å²) in [7, 11) is 0. The SMILES string of the molecule is CCc1oc2c(CC)cccc2c1C(=O)c1cc(Br)c(O)c(Br)c1. The average molecular weight is 452 g/mol. The second-order valence-corrected chi connectivity index (χ2v) is 7.23. The van der Waals surface area contributed by atoms with Gasteiger partial charge in [-0.1, -0.05) is 32.0 Å². The van der Waals surface area contributed by atoms with Gasteiger partial charge in [-0.15, -0.1) is 0 Å². The second-order valence-electron chi connectivity index (χ2n) is 5.52. The number of phenolic OH excluding ortho intramolecular Hbond substituents is 1. The zero-order valence-corrected chi connectivity index (χ0v) is 16.5. The second kappa shape index (κ2) is 6.73. The summed E-state index contributed by atoms with van der Waals surface area (Å²) < 4.78 is 6.95. The molecule has 0 bridgehead atoms.